The summed E-state index contributed by atoms with van der Waals surface area (Å²) < 4.78 is 11.4. The van der Waals surface area contributed by atoms with Crippen LogP contribution in [0.3, 0.4) is 0 Å². The van der Waals surface area contributed by atoms with Gasteiger partial charge in [0.05, 0.1) is 12.7 Å². The average molecular weight is 427 g/mol. The first kappa shape index (κ1) is 24.4. The number of aliphatic hydroxyl groups excluding tert-OH is 1. The van der Waals surface area contributed by atoms with E-state index in [1.165, 1.54) is 0 Å². The van der Waals surface area contributed by atoms with Crippen LogP contribution in [0.4, 0.5) is 5.69 Å². The van der Waals surface area contributed by atoms with Crippen molar-refractivity contribution in [2.45, 2.75) is 32.3 Å². The highest BCUT2D eigenvalue weighted by molar-refractivity contribution is 5.82. The normalized spacial score (nSPS) is 12.2. The lowest BCUT2D eigenvalue weighted by atomic mass is 10.1. The van der Waals surface area contributed by atoms with E-state index in [0.29, 0.717) is 24.3 Å². The molecule has 0 aliphatic carbocycles. The largest absolute Gasteiger partial charge is 0.494 e. The number of carbonyl (C=O) groups excluding carboxylic acids is 1. The van der Waals surface area contributed by atoms with Crippen molar-refractivity contribution >= 4 is 18.0 Å². The number of nitrogens with one attached hydrogen (secondary N) is 1. The Labute approximate surface area is 185 Å². The van der Waals surface area contributed by atoms with E-state index >= 15 is 0 Å². The second-order valence-corrected chi connectivity index (χ2v) is 7.67. The SMILES string of the molecule is CCC[C@H](O)COc1ccc(C=O)c(/C=C\Nc2ccc(OCCCN(C)C)cc2)c1. The Morgan fingerprint density at radius 1 is 1.06 bits per heavy atom. The lowest BCUT2D eigenvalue weighted by Crippen LogP contribution is -2.17. The summed E-state index contributed by atoms with van der Waals surface area (Å²) in [7, 11) is 4.10. The maximum Gasteiger partial charge on any atom is 0.150 e. The van der Waals surface area contributed by atoms with Crippen molar-refractivity contribution in [3.05, 3.63) is 59.8 Å². The summed E-state index contributed by atoms with van der Waals surface area (Å²) in [5, 5.41) is 13.0. The summed E-state index contributed by atoms with van der Waals surface area (Å²) in [6, 6.07) is 13.0. The van der Waals surface area contributed by atoms with Crippen LogP contribution in [0.1, 0.15) is 42.1 Å². The fraction of sp³-hybridized carbons (Fsp3) is 0.400. The van der Waals surface area contributed by atoms with Crippen LogP contribution in [-0.4, -0.2) is 56.3 Å². The third-order valence-electron chi connectivity index (χ3n) is 4.64. The van der Waals surface area contributed by atoms with Crippen LogP contribution in [0.25, 0.3) is 6.08 Å². The number of aliphatic hydroxyl groups is 1. The Hall–Kier alpha value is -2.83. The van der Waals surface area contributed by atoms with Crippen LogP contribution in [0, 0.1) is 0 Å². The second-order valence-electron chi connectivity index (χ2n) is 7.67. The van der Waals surface area contributed by atoms with Crippen molar-refractivity contribution in [1.29, 1.82) is 0 Å². The van der Waals surface area contributed by atoms with Gasteiger partial charge in [0.15, 0.2) is 6.29 Å². The van der Waals surface area contributed by atoms with E-state index in [9.17, 15) is 9.90 Å². The number of ether oxygens (including phenoxy) is 2. The van der Waals surface area contributed by atoms with Crippen LogP contribution < -0.4 is 14.8 Å². The Balaban J connectivity index is 1.90. The Bertz CT molecular complexity index is 819. The monoisotopic (exact) mass is 426 g/mol. The molecule has 2 rings (SSSR count). The summed E-state index contributed by atoms with van der Waals surface area (Å²) in [5.74, 6) is 1.46. The Kier molecular flexibility index (Phi) is 10.6. The molecule has 1 atom stereocenters. The first-order valence-electron chi connectivity index (χ1n) is 10.7. The second kappa shape index (κ2) is 13.5. The van der Waals surface area contributed by atoms with E-state index in [0.717, 1.165) is 42.7 Å². The maximum absolute atomic E-state index is 11.4. The third kappa shape index (κ3) is 9.24. The smallest absolute Gasteiger partial charge is 0.150 e. The van der Waals surface area contributed by atoms with Crippen molar-refractivity contribution in [1.82, 2.24) is 4.90 Å². The summed E-state index contributed by atoms with van der Waals surface area (Å²) in [5.41, 5.74) is 2.23. The van der Waals surface area contributed by atoms with Gasteiger partial charge in [-0.05, 0) is 81.0 Å². The molecule has 0 radical (unpaired) electrons. The molecule has 2 aromatic rings. The first-order chi connectivity index (χ1) is 15.0. The molecule has 0 saturated carbocycles. The molecule has 0 unspecified atom stereocenters. The van der Waals surface area contributed by atoms with Crippen LogP contribution in [-0.2, 0) is 0 Å². The standard InChI is InChI=1S/C25H34N2O4/c1-4-6-23(29)19-31-25-10-7-21(18-28)20(17-25)13-14-26-22-8-11-24(12-9-22)30-16-5-15-27(2)3/h7-14,17-18,23,26,29H,4-6,15-16,19H2,1-3H3/b14-13-/t23-/m0/s1. The number of anilines is 1. The molecular weight excluding hydrogens is 392 g/mol. The molecule has 0 aliphatic rings. The van der Waals surface area contributed by atoms with Crippen LogP contribution >= 0.6 is 0 Å². The minimum Gasteiger partial charge on any atom is -0.494 e. The van der Waals surface area contributed by atoms with Gasteiger partial charge >= 0.3 is 0 Å². The van der Waals surface area contributed by atoms with Gasteiger partial charge in [-0.3, -0.25) is 4.79 Å². The highest BCUT2D eigenvalue weighted by atomic mass is 16.5. The predicted molar refractivity (Wildman–Crippen MR) is 126 cm³/mol. The van der Waals surface area contributed by atoms with Crippen molar-refractivity contribution in [3.63, 3.8) is 0 Å². The van der Waals surface area contributed by atoms with Gasteiger partial charge in [0, 0.05) is 24.0 Å². The van der Waals surface area contributed by atoms with Crippen molar-refractivity contribution in [2.75, 3.05) is 39.2 Å². The van der Waals surface area contributed by atoms with Crippen LogP contribution in [0.15, 0.2) is 48.7 Å². The number of benzene rings is 2. The minimum absolute atomic E-state index is 0.235. The molecule has 0 aromatic heterocycles. The predicted octanol–water partition coefficient (Wildman–Crippen LogP) is 4.45. The van der Waals surface area contributed by atoms with Crippen molar-refractivity contribution in [2.24, 2.45) is 0 Å². The lowest BCUT2D eigenvalue weighted by molar-refractivity contribution is 0.0992. The van der Waals surface area contributed by atoms with Gasteiger partial charge in [-0.1, -0.05) is 13.3 Å². The summed E-state index contributed by atoms with van der Waals surface area (Å²) in [4.78, 5) is 13.5. The van der Waals surface area contributed by atoms with Crippen LogP contribution in [0.5, 0.6) is 11.5 Å². The molecule has 0 spiro atoms. The fourth-order valence-corrected chi connectivity index (χ4v) is 2.95. The molecule has 6 nitrogen and oxygen atoms in total. The van der Waals surface area contributed by atoms with E-state index < -0.39 is 6.10 Å². The zero-order valence-corrected chi connectivity index (χ0v) is 18.7. The summed E-state index contributed by atoms with van der Waals surface area (Å²) in [6.07, 6.45) is 6.51. The molecular formula is C25H34N2O4. The van der Waals surface area contributed by atoms with E-state index in [4.69, 9.17) is 9.47 Å². The first-order valence-corrected chi connectivity index (χ1v) is 10.7. The zero-order chi connectivity index (χ0) is 22.5. The number of hydrogen-bond donors (Lipinski definition) is 2. The molecule has 31 heavy (non-hydrogen) atoms. The molecule has 2 aromatic carbocycles. The van der Waals surface area contributed by atoms with Crippen molar-refractivity contribution in [3.8, 4) is 11.5 Å². The molecule has 0 aliphatic heterocycles. The van der Waals surface area contributed by atoms with Gasteiger partial charge in [-0.2, -0.15) is 0 Å². The third-order valence-corrected chi connectivity index (χ3v) is 4.64. The number of aldehydes is 1. The van der Waals surface area contributed by atoms with E-state index in [-0.39, 0.29) is 6.61 Å². The molecule has 0 bridgehead atoms. The number of carbonyl (C=O) groups is 1. The van der Waals surface area contributed by atoms with Crippen LogP contribution in [0.2, 0.25) is 0 Å². The van der Waals surface area contributed by atoms with Gasteiger partial charge in [-0.25, -0.2) is 0 Å². The van der Waals surface area contributed by atoms with Gasteiger partial charge in [0.1, 0.15) is 18.1 Å². The van der Waals surface area contributed by atoms with Gasteiger partial charge in [0.25, 0.3) is 0 Å². The Morgan fingerprint density at radius 3 is 2.48 bits per heavy atom. The average Bonchev–Trinajstić information content (AvgIpc) is 2.76. The van der Waals surface area contributed by atoms with E-state index in [1.54, 1.807) is 24.4 Å². The molecule has 168 valence electrons. The van der Waals surface area contributed by atoms with Gasteiger partial charge < -0.3 is 24.8 Å². The van der Waals surface area contributed by atoms with Crippen molar-refractivity contribution < 1.29 is 19.4 Å². The van der Waals surface area contributed by atoms with Gasteiger partial charge in [-0.15, -0.1) is 0 Å². The topological polar surface area (TPSA) is 71.0 Å². The fourth-order valence-electron chi connectivity index (χ4n) is 2.95. The number of hydrogen-bond acceptors (Lipinski definition) is 6. The molecule has 0 amide bonds. The molecule has 0 saturated heterocycles. The maximum atomic E-state index is 11.4. The van der Waals surface area contributed by atoms with E-state index in [1.807, 2.05) is 51.4 Å². The minimum atomic E-state index is -0.489. The number of nitrogens with zero attached hydrogens (tertiary/aromatic N) is 1. The Morgan fingerprint density at radius 2 is 1.81 bits per heavy atom. The highest BCUT2D eigenvalue weighted by Gasteiger charge is 2.06. The summed E-state index contributed by atoms with van der Waals surface area (Å²) in [6.45, 7) is 3.94. The lowest BCUT2D eigenvalue weighted by Gasteiger charge is -2.12. The summed E-state index contributed by atoms with van der Waals surface area (Å²) >= 11 is 0. The quantitative estimate of drug-likeness (QED) is 0.343. The zero-order valence-electron chi connectivity index (χ0n) is 18.7. The van der Waals surface area contributed by atoms with E-state index in [2.05, 4.69) is 10.2 Å². The molecule has 2 N–H and O–H groups in total. The number of rotatable bonds is 14. The van der Waals surface area contributed by atoms with Gasteiger partial charge in [0.2, 0.25) is 0 Å². The highest BCUT2D eigenvalue weighted by Crippen LogP contribution is 2.20. The molecule has 0 fully saturated rings. The molecule has 6 heteroatoms. The molecule has 0 heterocycles.